The first-order valence-electron chi connectivity index (χ1n) is 3.30. The van der Waals surface area contributed by atoms with Crippen LogP contribution in [0, 0.1) is 11.5 Å². The van der Waals surface area contributed by atoms with Crippen LogP contribution < -0.4 is 0 Å². The lowest BCUT2D eigenvalue weighted by Gasteiger charge is -2.22. The van der Waals surface area contributed by atoms with Crippen LogP contribution in [0.2, 0.25) is 0 Å². The van der Waals surface area contributed by atoms with E-state index >= 15 is 0 Å². The lowest BCUT2D eigenvalue weighted by molar-refractivity contribution is 0.390. The molecule has 0 nitrogen and oxygen atoms in total. The zero-order valence-electron chi connectivity index (χ0n) is 5.70. The van der Waals surface area contributed by atoms with E-state index in [0.29, 0.717) is 5.41 Å². The van der Waals surface area contributed by atoms with Crippen molar-refractivity contribution in [2.24, 2.45) is 5.41 Å². The van der Waals surface area contributed by atoms with Crippen LogP contribution >= 0.6 is 0 Å². The van der Waals surface area contributed by atoms with Crippen molar-refractivity contribution in [3.63, 3.8) is 0 Å². The summed E-state index contributed by atoms with van der Waals surface area (Å²) in [6.07, 6.45) is 9.40. The SMILES string of the molecule is CC1(C)[C]=CCCC1. The number of allylic oxidation sites excluding steroid dienone is 2. The molecule has 0 aliphatic heterocycles. The van der Waals surface area contributed by atoms with E-state index in [2.05, 4.69) is 26.0 Å². The van der Waals surface area contributed by atoms with Crippen molar-refractivity contribution >= 4 is 0 Å². The molecule has 0 amide bonds. The van der Waals surface area contributed by atoms with Crippen molar-refractivity contribution in [1.82, 2.24) is 0 Å². The van der Waals surface area contributed by atoms with Crippen LogP contribution in [-0.2, 0) is 0 Å². The van der Waals surface area contributed by atoms with E-state index in [-0.39, 0.29) is 0 Å². The predicted molar refractivity (Wildman–Crippen MR) is 35.4 cm³/mol. The second-order valence-electron chi connectivity index (χ2n) is 3.12. The summed E-state index contributed by atoms with van der Waals surface area (Å²) in [5, 5.41) is 0. The van der Waals surface area contributed by atoms with Crippen molar-refractivity contribution in [1.29, 1.82) is 0 Å². The maximum absolute atomic E-state index is 3.33. The third kappa shape index (κ3) is 1.36. The Morgan fingerprint density at radius 2 is 2.25 bits per heavy atom. The summed E-state index contributed by atoms with van der Waals surface area (Å²) in [6.45, 7) is 4.48. The third-order valence-corrected chi connectivity index (χ3v) is 1.64. The second-order valence-corrected chi connectivity index (χ2v) is 3.12. The number of rotatable bonds is 0. The van der Waals surface area contributed by atoms with Gasteiger partial charge in [0.1, 0.15) is 0 Å². The van der Waals surface area contributed by atoms with E-state index in [1.807, 2.05) is 0 Å². The third-order valence-electron chi connectivity index (χ3n) is 1.64. The minimum Gasteiger partial charge on any atom is -0.0805 e. The second kappa shape index (κ2) is 1.93. The van der Waals surface area contributed by atoms with E-state index in [1.165, 1.54) is 19.3 Å². The highest BCUT2D eigenvalue weighted by Gasteiger charge is 2.15. The standard InChI is InChI=1S/C8H13/c1-8(2)6-4-3-5-7-8/h4H,3,5,7H2,1-2H3. The molecule has 0 aromatic heterocycles. The molecule has 8 heavy (non-hydrogen) atoms. The van der Waals surface area contributed by atoms with Crippen LogP contribution in [0.1, 0.15) is 33.1 Å². The van der Waals surface area contributed by atoms with E-state index in [9.17, 15) is 0 Å². The minimum absolute atomic E-state index is 0.373. The molecule has 0 spiro atoms. The summed E-state index contributed by atoms with van der Waals surface area (Å²) in [7, 11) is 0. The molecule has 0 unspecified atom stereocenters. The molecule has 1 aliphatic rings. The molecular formula is C8H13. The van der Waals surface area contributed by atoms with Gasteiger partial charge in [-0.25, -0.2) is 0 Å². The molecule has 0 atom stereocenters. The first kappa shape index (κ1) is 5.87. The summed E-state index contributed by atoms with van der Waals surface area (Å²) in [5.74, 6) is 0. The summed E-state index contributed by atoms with van der Waals surface area (Å²) >= 11 is 0. The zero-order valence-corrected chi connectivity index (χ0v) is 5.70. The Hall–Kier alpha value is -0.260. The van der Waals surface area contributed by atoms with Crippen molar-refractivity contribution < 1.29 is 0 Å². The van der Waals surface area contributed by atoms with Gasteiger partial charge in [-0.15, -0.1) is 0 Å². The predicted octanol–water partition coefficient (Wildman–Crippen LogP) is 2.56. The fraction of sp³-hybridized carbons (Fsp3) is 0.750. The van der Waals surface area contributed by atoms with Gasteiger partial charge in [0.25, 0.3) is 0 Å². The first-order chi connectivity index (χ1) is 3.71. The number of hydrogen-bond donors (Lipinski definition) is 0. The quantitative estimate of drug-likeness (QED) is 0.448. The molecule has 0 heterocycles. The van der Waals surface area contributed by atoms with Crippen LogP contribution in [0.25, 0.3) is 0 Å². The lowest BCUT2D eigenvalue weighted by Crippen LogP contribution is -2.10. The molecule has 0 N–H and O–H groups in total. The Labute approximate surface area is 51.6 Å². The van der Waals surface area contributed by atoms with Crippen molar-refractivity contribution in [2.45, 2.75) is 33.1 Å². The molecule has 1 radical (unpaired) electrons. The molecule has 0 fully saturated rings. The first-order valence-corrected chi connectivity index (χ1v) is 3.30. The van der Waals surface area contributed by atoms with Gasteiger partial charge in [0, 0.05) is 0 Å². The molecule has 45 valence electrons. The van der Waals surface area contributed by atoms with Crippen molar-refractivity contribution in [3.05, 3.63) is 12.2 Å². The largest absolute Gasteiger partial charge is 0.0805 e. The topological polar surface area (TPSA) is 0 Å². The Bertz CT molecular complexity index is 98.6. The highest BCUT2D eigenvalue weighted by Crippen LogP contribution is 2.27. The summed E-state index contributed by atoms with van der Waals surface area (Å²) in [5.41, 5.74) is 0.373. The van der Waals surface area contributed by atoms with E-state index in [0.717, 1.165) is 0 Å². The molecule has 1 rings (SSSR count). The Morgan fingerprint density at radius 3 is 2.50 bits per heavy atom. The molecular weight excluding hydrogens is 96.1 g/mol. The molecule has 0 saturated carbocycles. The molecule has 0 aromatic rings. The molecule has 0 aromatic carbocycles. The molecule has 0 heteroatoms. The highest BCUT2D eigenvalue weighted by atomic mass is 14.2. The summed E-state index contributed by atoms with van der Waals surface area (Å²) in [4.78, 5) is 0. The van der Waals surface area contributed by atoms with Crippen LogP contribution in [0.4, 0.5) is 0 Å². The van der Waals surface area contributed by atoms with Gasteiger partial charge in [-0.05, 0) is 30.8 Å². The maximum Gasteiger partial charge on any atom is -0.0104 e. The molecule has 1 aliphatic carbocycles. The minimum atomic E-state index is 0.373. The zero-order chi connectivity index (χ0) is 6.04. The van der Waals surface area contributed by atoms with E-state index < -0.39 is 0 Å². The van der Waals surface area contributed by atoms with Gasteiger partial charge >= 0.3 is 0 Å². The van der Waals surface area contributed by atoms with Gasteiger partial charge < -0.3 is 0 Å². The van der Waals surface area contributed by atoms with E-state index in [1.54, 1.807) is 0 Å². The summed E-state index contributed by atoms with van der Waals surface area (Å²) < 4.78 is 0. The van der Waals surface area contributed by atoms with Crippen molar-refractivity contribution in [3.8, 4) is 0 Å². The maximum atomic E-state index is 3.33. The molecule has 0 bridgehead atoms. The number of hydrogen-bond acceptors (Lipinski definition) is 0. The Morgan fingerprint density at radius 1 is 1.50 bits per heavy atom. The van der Waals surface area contributed by atoms with Gasteiger partial charge in [0.2, 0.25) is 0 Å². The Kier molecular flexibility index (Phi) is 1.41. The monoisotopic (exact) mass is 109 g/mol. The van der Waals surface area contributed by atoms with Crippen LogP contribution in [0.15, 0.2) is 6.08 Å². The normalized spacial score (nSPS) is 25.8. The van der Waals surface area contributed by atoms with Crippen LogP contribution in [0.3, 0.4) is 0 Å². The van der Waals surface area contributed by atoms with Crippen LogP contribution in [0.5, 0.6) is 0 Å². The van der Waals surface area contributed by atoms with Crippen molar-refractivity contribution in [2.75, 3.05) is 0 Å². The van der Waals surface area contributed by atoms with E-state index in [4.69, 9.17) is 0 Å². The van der Waals surface area contributed by atoms with Gasteiger partial charge in [-0.1, -0.05) is 19.9 Å². The van der Waals surface area contributed by atoms with Gasteiger partial charge in [0.15, 0.2) is 0 Å². The highest BCUT2D eigenvalue weighted by molar-refractivity contribution is 4.91. The average molecular weight is 109 g/mol. The van der Waals surface area contributed by atoms with Gasteiger partial charge in [-0.3, -0.25) is 0 Å². The average Bonchev–Trinajstić information content (AvgIpc) is 1.65. The lowest BCUT2D eigenvalue weighted by atomic mass is 9.83. The fourth-order valence-electron chi connectivity index (χ4n) is 1.07. The van der Waals surface area contributed by atoms with Crippen LogP contribution in [-0.4, -0.2) is 0 Å². The van der Waals surface area contributed by atoms with Gasteiger partial charge in [0.05, 0.1) is 0 Å². The Balaban J connectivity index is 2.56. The fourth-order valence-corrected chi connectivity index (χ4v) is 1.07. The molecule has 0 saturated heterocycles. The van der Waals surface area contributed by atoms with Gasteiger partial charge in [-0.2, -0.15) is 0 Å². The summed E-state index contributed by atoms with van der Waals surface area (Å²) in [6, 6.07) is 0. The smallest absolute Gasteiger partial charge is 0.0104 e.